The lowest BCUT2D eigenvalue weighted by molar-refractivity contribution is -0.135. The molecule has 2 fully saturated rings. The van der Waals surface area contributed by atoms with Gasteiger partial charge in [0.25, 0.3) is 0 Å². The first-order valence-corrected chi connectivity index (χ1v) is 19.6. The summed E-state index contributed by atoms with van der Waals surface area (Å²) in [4.78, 5) is 72.2. The van der Waals surface area contributed by atoms with Crippen molar-refractivity contribution in [2.24, 2.45) is 15.9 Å². The summed E-state index contributed by atoms with van der Waals surface area (Å²) >= 11 is 0. The number of rotatable bonds is 12. The Morgan fingerprint density at radius 1 is 0.807 bits per heavy atom. The number of nitrogens with zero attached hydrogens (tertiary/aromatic N) is 5. The molecule has 14 heteroatoms. The lowest BCUT2D eigenvalue weighted by Gasteiger charge is -2.31. The number of H-pyrrole nitrogens is 1. The fraction of sp³-hybridized carbons (Fsp3) is 0.419. The summed E-state index contributed by atoms with van der Waals surface area (Å²) in [5, 5.41) is 5.44. The van der Waals surface area contributed by atoms with Gasteiger partial charge in [0.15, 0.2) is 0 Å². The molecule has 0 radical (unpaired) electrons. The number of amides is 4. The summed E-state index contributed by atoms with van der Waals surface area (Å²) in [6, 6.07) is 15.0. The van der Waals surface area contributed by atoms with Gasteiger partial charge in [0.2, 0.25) is 11.8 Å². The van der Waals surface area contributed by atoms with Gasteiger partial charge in [0, 0.05) is 50.3 Å². The summed E-state index contributed by atoms with van der Waals surface area (Å²) in [5.41, 5.74) is 8.12. The molecule has 7 rings (SSSR count). The third-order valence-corrected chi connectivity index (χ3v) is 11.3. The van der Waals surface area contributed by atoms with Crippen molar-refractivity contribution in [1.29, 1.82) is 0 Å². The van der Waals surface area contributed by atoms with Crippen LogP contribution in [-0.2, 0) is 19.1 Å². The molecule has 14 nitrogen and oxygen atoms in total. The second-order valence-corrected chi connectivity index (χ2v) is 15.2. The number of imidazole rings is 1. The van der Waals surface area contributed by atoms with Crippen LogP contribution in [0, 0.1) is 5.92 Å². The minimum Gasteiger partial charge on any atom is -0.453 e. The first kappa shape index (κ1) is 39.2. The Kier molecular flexibility index (Phi) is 12.0. The molecule has 0 aliphatic carbocycles. The zero-order valence-corrected chi connectivity index (χ0v) is 32.9. The van der Waals surface area contributed by atoms with Crippen molar-refractivity contribution in [3.63, 3.8) is 0 Å². The smallest absolute Gasteiger partial charge is 0.407 e. The van der Waals surface area contributed by atoms with Gasteiger partial charge in [-0.1, -0.05) is 62.4 Å². The SMILES string of the molecule is COC(=O)N[C@@H](CC1=CN=CC1)C(=O)N1CCC[C@H]1c1ncc(-c2ccc(-c3ccc(C4=CN=C([C@@H]5CCCN5C(=O)[C@@H](NC(=O)OC)C(C)C)C4)cc3)cc2)[nH]1. The molecule has 298 valence electrons. The fourth-order valence-electron chi connectivity index (χ4n) is 8.15. The van der Waals surface area contributed by atoms with Crippen LogP contribution in [-0.4, -0.2) is 101 Å². The Bertz CT molecular complexity index is 2100. The van der Waals surface area contributed by atoms with E-state index in [1.54, 1.807) is 23.5 Å². The van der Waals surface area contributed by atoms with Crippen LogP contribution in [0.1, 0.15) is 76.2 Å². The number of alkyl carbamates (subject to hydrolysis) is 2. The molecule has 4 atom stereocenters. The minimum atomic E-state index is -0.759. The standard InChI is InChI=1S/C43H50N8O6/c1-26(2)38(49-43(55)57-4)41(53)50-19-5-7-36(50)33-22-32(24-45-33)30-11-9-28(10-12-30)29-13-15-31(16-14-29)35-25-46-39(47-35)37-8-6-20-51(37)40(52)34(48-42(54)56-3)21-27-17-18-44-23-27/h9-16,18,23-26,34,36-38H,5-8,17,19-22H2,1-4H3,(H,46,47)(H,48,54)(H,49,55)/t34-,36-,37-,38-/m0/s1. The number of allylic oxidation sites excluding steroid dienone is 1. The molecular weight excluding hydrogens is 725 g/mol. The zero-order valence-electron chi connectivity index (χ0n) is 32.9. The molecule has 57 heavy (non-hydrogen) atoms. The van der Waals surface area contributed by atoms with E-state index in [1.165, 1.54) is 14.2 Å². The number of carbonyl (C=O) groups excluding carboxylic acids is 4. The molecule has 0 bridgehead atoms. The average Bonchev–Trinajstić information content (AvgIpc) is 4.09. The Morgan fingerprint density at radius 3 is 2.05 bits per heavy atom. The summed E-state index contributed by atoms with van der Waals surface area (Å²) in [5.74, 6) is 0.358. The van der Waals surface area contributed by atoms with E-state index in [0.29, 0.717) is 38.2 Å². The van der Waals surface area contributed by atoms with Gasteiger partial charge < -0.3 is 34.9 Å². The first-order chi connectivity index (χ1) is 27.6. The maximum absolute atomic E-state index is 13.8. The predicted molar refractivity (Wildman–Crippen MR) is 217 cm³/mol. The predicted octanol–water partition coefficient (Wildman–Crippen LogP) is 6.44. The summed E-state index contributed by atoms with van der Waals surface area (Å²) in [7, 11) is 2.59. The Morgan fingerprint density at radius 2 is 1.42 bits per heavy atom. The lowest BCUT2D eigenvalue weighted by Crippen LogP contribution is -2.53. The lowest BCUT2D eigenvalue weighted by atomic mass is 9.95. The van der Waals surface area contributed by atoms with Gasteiger partial charge in [-0.2, -0.15) is 0 Å². The van der Waals surface area contributed by atoms with Gasteiger partial charge >= 0.3 is 12.2 Å². The maximum Gasteiger partial charge on any atom is 0.407 e. The number of benzene rings is 2. The second-order valence-electron chi connectivity index (χ2n) is 15.2. The summed E-state index contributed by atoms with van der Waals surface area (Å²) in [6.07, 6.45) is 11.0. The van der Waals surface area contributed by atoms with Gasteiger partial charge in [0.05, 0.1) is 38.2 Å². The molecule has 0 unspecified atom stereocenters. The molecule has 5 heterocycles. The van der Waals surface area contributed by atoms with E-state index in [2.05, 4.69) is 69.1 Å². The van der Waals surface area contributed by atoms with E-state index in [4.69, 9.17) is 19.5 Å². The van der Waals surface area contributed by atoms with Crippen molar-refractivity contribution in [2.75, 3.05) is 27.3 Å². The van der Waals surface area contributed by atoms with Crippen molar-refractivity contribution >= 4 is 41.5 Å². The average molecular weight is 775 g/mol. The second kappa shape index (κ2) is 17.4. The molecule has 4 aliphatic rings. The van der Waals surface area contributed by atoms with E-state index in [1.807, 2.05) is 24.9 Å². The highest BCUT2D eigenvalue weighted by molar-refractivity contribution is 6.04. The molecule has 0 spiro atoms. The Labute approximate surface area is 332 Å². The van der Waals surface area contributed by atoms with Crippen LogP contribution in [0.25, 0.3) is 28.0 Å². The van der Waals surface area contributed by atoms with Gasteiger partial charge in [-0.05, 0) is 71.4 Å². The van der Waals surface area contributed by atoms with E-state index < -0.39 is 24.3 Å². The first-order valence-electron chi connectivity index (χ1n) is 19.6. The molecule has 4 amide bonds. The molecule has 3 N–H and O–H groups in total. The quantitative estimate of drug-likeness (QED) is 0.190. The number of likely N-dealkylation sites (tertiary alicyclic amines) is 2. The fourth-order valence-corrected chi connectivity index (χ4v) is 8.15. The van der Waals surface area contributed by atoms with E-state index in [-0.39, 0.29) is 29.8 Å². The Balaban J connectivity index is 0.967. The number of methoxy groups -OCH3 is 2. The molecule has 0 saturated carbocycles. The highest BCUT2D eigenvalue weighted by atomic mass is 16.5. The molecular formula is C43H50N8O6. The van der Waals surface area contributed by atoms with E-state index >= 15 is 0 Å². The van der Waals surface area contributed by atoms with Crippen LogP contribution in [0.15, 0.2) is 82.7 Å². The van der Waals surface area contributed by atoms with Crippen LogP contribution in [0.5, 0.6) is 0 Å². The number of aromatic nitrogens is 2. The summed E-state index contributed by atoms with van der Waals surface area (Å²) in [6.45, 7) is 5.03. The summed E-state index contributed by atoms with van der Waals surface area (Å²) < 4.78 is 9.58. The molecule has 1 aromatic heterocycles. The molecule has 4 aliphatic heterocycles. The molecule has 2 aromatic carbocycles. The van der Waals surface area contributed by atoms with Crippen LogP contribution >= 0.6 is 0 Å². The normalized spacial score (nSPS) is 19.9. The largest absolute Gasteiger partial charge is 0.453 e. The van der Waals surface area contributed by atoms with Crippen molar-refractivity contribution in [3.05, 3.63) is 84.1 Å². The van der Waals surface area contributed by atoms with Crippen molar-refractivity contribution in [2.45, 2.75) is 83.0 Å². The van der Waals surface area contributed by atoms with Crippen LogP contribution < -0.4 is 10.6 Å². The number of aliphatic imine (C=N–C) groups is 2. The number of ether oxygens (including phenoxy) is 2. The van der Waals surface area contributed by atoms with Gasteiger partial charge in [-0.15, -0.1) is 0 Å². The van der Waals surface area contributed by atoms with Crippen LogP contribution in [0.3, 0.4) is 0 Å². The van der Waals surface area contributed by atoms with Crippen molar-refractivity contribution in [1.82, 2.24) is 30.4 Å². The third-order valence-electron chi connectivity index (χ3n) is 11.3. The number of aromatic amines is 1. The van der Waals surface area contributed by atoms with E-state index in [0.717, 1.165) is 70.5 Å². The van der Waals surface area contributed by atoms with Crippen molar-refractivity contribution < 1.29 is 28.7 Å². The highest BCUT2D eigenvalue weighted by Gasteiger charge is 2.39. The van der Waals surface area contributed by atoms with E-state index in [9.17, 15) is 19.2 Å². The van der Waals surface area contributed by atoms with Crippen molar-refractivity contribution in [3.8, 4) is 22.4 Å². The van der Waals surface area contributed by atoms with Gasteiger partial charge in [-0.3, -0.25) is 19.6 Å². The van der Waals surface area contributed by atoms with Crippen LogP contribution in [0.2, 0.25) is 0 Å². The van der Waals surface area contributed by atoms with Crippen LogP contribution in [0.4, 0.5) is 9.59 Å². The topological polar surface area (TPSA) is 171 Å². The maximum atomic E-state index is 13.8. The molecule has 2 saturated heterocycles. The third kappa shape index (κ3) is 8.69. The van der Waals surface area contributed by atoms with Gasteiger partial charge in [-0.25, -0.2) is 14.6 Å². The van der Waals surface area contributed by atoms with Gasteiger partial charge in [0.1, 0.15) is 17.9 Å². The Hall–Kier alpha value is -6.05. The number of hydrogen-bond donors (Lipinski definition) is 3. The molecule has 3 aromatic rings. The number of carbonyl (C=O) groups is 4. The highest BCUT2D eigenvalue weighted by Crippen LogP contribution is 2.35. The minimum absolute atomic E-state index is 0.0868. The zero-order chi connectivity index (χ0) is 40.1. The number of nitrogens with one attached hydrogen (secondary N) is 3. The monoisotopic (exact) mass is 774 g/mol. The number of hydrogen-bond acceptors (Lipinski definition) is 9.